The molecule has 0 saturated heterocycles. The molecule has 0 aromatic heterocycles. The van der Waals surface area contributed by atoms with Crippen molar-refractivity contribution in [1.82, 2.24) is 0 Å². The van der Waals surface area contributed by atoms with Gasteiger partial charge in [0.15, 0.2) is 6.10 Å². The number of rotatable bonds is 3. The maximum Gasteiger partial charge on any atom is 0.339 e. The Morgan fingerprint density at radius 2 is 2.27 bits per heavy atom. The van der Waals surface area contributed by atoms with Gasteiger partial charge in [-0.25, -0.2) is 4.79 Å². The van der Waals surface area contributed by atoms with Crippen LogP contribution in [0.25, 0.3) is 0 Å². The molecule has 82 valence electrons. The van der Waals surface area contributed by atoms with E-state index in [9.17, 15) is 15.0 Å². The molecule has 0 fully saturated rings. The quantitative estimate of drug-likeness (QED) is 0.775. The number of ether oxygens (including phenoxy) is 1. The third-order valence-electron chi connectivity index (χ3n) is 1.79. The van der Waals surface area contributed by atoms with Crippen molar-refractivity contribution in [1.29, 1.82) is 0 Å². The van der Waals surface area contributed by atoms with Gasteiger partial charge in [0.25, 0.3) is 0 Å². The molecule has 1 rings (SSSR count). The molecular formula is C10H11ClO4. The lowest BCUT2D eigenvalue weighted by Crippen LogP contribution is -2.15. The van der Waals surface area contributed by atoms with Crippen LogP contribution in [0.3, 0.4) is 0 Å². The first-order valence-electron chi connectivity index (χ1n) is 4.39. The number of phenols is 1. The van der Waals surface area contributed by atoms with E-state index in [0.29, 0.717) is 5.02 Å². The molecule has 5 heteroatoms. The number of carbonyl (C=O) groups is 1. The number of phenolic OH excluding ortho intramolecular Hbond substituents is 1. The van der Waals surface area contributed by atoms with Gasteiger partial charge in [-0.3, -0.25) is 0 Å². The third kappa shape index (κ3) is 2.84. The minimum atomic E-state index is -1.51. The Hall–Kier alpha value is -1.26. The molecule has 15 heavy (non-hydrogen) atoms. The molecule has 4 nitrogen and oxygen atoms in total. The Bertz CT molecular complexity index is 364. The van der Waals surface area contributed by atoms with Crippen LogP contribution in [-0.2, 0) is 9.53 Å². The second-order valence-electron chi connectivity index (χ2n) is 2.86. The topological polar surface area (TPSA) is 66.8 Å². The summed E-state index contributed by atoms with van der Waals surface area (Å²) in [6.45, 7) is 1.79. The van der Waals surface area contributed by atoms with Gasteiger partial charge >= 0.3 is 5.97 Å². The molecule has 0 saturated carbocycles. The van der Waals surface area contributed by atoms with E-state index < -0.39 is 12.1 Å². The third-order valence-corrected chi connectivity index (χ3v) is 2.03. The van der Waals surface area contributed by atoms with E-state index in [-0.39, 0.29) is 17.9 Å². The lowest BCUT2D eigenvalue weighted by molar-refractivity contribution is -0.153. The normalized spacial score (nSPS) is 12.2. The van der Waals surface area contributed by atoms with E-state index in [1.54, 1.807) is 6.92 Å². The SMILES string of the molecule is CCOC(=O)C(O)c1cc(Cl)ccc1O. The molecule has 0 amide bonds. The molecule has 0 spiro atoms. The number of hydrogen-bond donors (Lipinski definition) is 2. The maximum atomic E-state index is 11.2. The fourth-order valence-electron chi connectivity index (χ4n) is 1.09. The average Bonchev–Trinajstić information content (AvgIpc) is 2.21. The summed E-state index contributed by atoms with van der Waals surface area (Å²) in [5, 5.41) is 19.3. The number of halogens is 1. The van der Waals surface area contributed by atoms with Crippen LogP contribution in [-0.4, -0.2) is 22.8 Å². The van der Waals surface area contributed by atoms with Crippen molar-refractivity contribution >= 4 is 17.6 Å². The van der Waals surface area contributed by atoms with Gasteiger partial charge in [-0.05, 0) is 25.1 Å². The van der Waals surface area contributed by atoms with Crippen molar-refractivity contribution in [3.8, 4) is 5.75 Å². The Kier molecular flexibility index (Phi) is 3.94. The number of aliphatic hydroxyl groups is 1. The number of hydrogen-bond acceptors (Lipinski definition) is 4. The number of benzene rings is 1. The van der Waals surface area contributed by atoms with Gasteiger partial charge in [-0.2, -0.15) is 0 Å². The highest BCUT2D eigenvalue weighted by molar-refractivity contribution is 6.30. The second-order valence-corrected chi connectivity index (χ2v) is 3.29. The Morgan fingerprint density at radius 3 is 2.87 bits per heavy atom. The fraction of sp³-hybridized carbons (Fsp3) is 0.300. The standard InChI is InChI=1S/C10H11ClO4/c1-2-15-10(14)9(13)7-5-6(11)3-4-8(7)12/h3-5,9,12-13H,2H2,1H3. The molecule has 1 aromatic rings. The van der Waals surface area contributed by atoms with E-state index >= 15 is 0 Å². The average molecular weight is 231 g/mol. The Balaban J connectivity index is 2.94. The van der Waals surface area contributed by atoms with Gasteiger partial charge in [-0.15, -0.1) is 0 Å². The second kappa shape index (κ2) is 5.00. The first-order valence-corrected chi connectivity index (χ1v) is 4.77. The van der Waals surface area contributed by atoms with Gasteiger partial charge in [0.2, 0.25) is 0 Å². The van der Waals surface area contributed by atoms with E-state index in [0.717, 1.165) is 0 Å². The number of esters is 1. The van der Waals surface area contributed by atoms with Crippen LogP contribution in [0.1, 0.15) is 18.6 Å². The molecule has 0 aliphatic heterocycles. The van der Waals surface area contributed by atoms with Gasteiger partial charge in [-0.1, -0.05) is 11.6 Å². The van der Waals surface area contributed by atoms with Crippen LogP contribution in [0.15, 0.2) is 18.2 Å². The molecule has 2 N–H and O–H groups in total. The largest absolute Gasteiger partial charge is 0.508 e. The first-order chi connectivity index (χ1) is 7.06. The number of carbonyl (C=O) groups excluding carboxylic acids is 1. The lowest BCUT2D eigenvalue weighted by Gasteiger charge is -2.11. The summed E-state index contributed by atoms with van der Waals surface area (Å²) >= 11 is 5.67. The van der Waals surface area contributed by atoms with Crippen molar-refractivity contribution in [3.63, 3.8) is 0 Å². The van der Waals surface area contributed by atoms with Crippen LogP contribution < -0.4 is 0 Å². The Morgan fingerprint density at radius 1 is 1.60 bits per heavy atom. The lowest BCUT2D eigenvalue weighted by atomic mass is 10.1. The van der Waals surface area contributed by atoms with Crippen molar-refractivity contribution < 1.29 is 19.7 Å². The predicted octanol–water partition coefficient (Wildman–Crippen LogP) is 1.64. The number of aliphatic hydroxyl groups excluding tert-OH is 1. The summed E-state index contributed by atoms with van der Waals surface area (Å²) in [5.41, 5.74) is 0.0425. The molecule has 0 aliphatic carbocycles. The molecule has 0 bridgehead atoms. The van der Waals surface area contributed by atoms with Crippen molar-refractivity contribution in [2.24, 2.45) is 0 Å². The highest BCUT2D eigenvalue weighted by atomic mass is 35.5. The summed E-state index contributed by atoms with van der Waals surface area (Å²) in [7, 11) is 0. The van der Waals surface area contributed by atoms with E-state index in [2.05, 4.69) is 4.74 Å². The first kappa shape index (κ1) is 11.8. The predicted molar refractivity (Wildman–Crippen MR) is 54.7 cm³/mol. The minimum Gasteiger partial charge on any atom is -0.508 e. The summed E-state index contributed by atoms with van der Waals surface area (Å²) in [5.74, 6) is -1.00. The molecule has 0 heterocycles. The zero-order chi connectivity index (χ0) is 11.4. The summed E-state index contributed by atoms with van der Waals surface area (Å²) in [4.78, 5) is 11.2. The van der Waals surface area contributed by atoms with Gasteiger partial charge < -0.3 is 14.9 Å². The zero-order valence-corrected chi connectivity index (χ0v) is 8.86. The molecule has 0 radical (unpaired) electrons. The fourth-order valence-corrected chi connectivity index (χ4v) is 1.27. The Labute approximate surface area is 92.1 Å². The van der Waals surface area contributed by atoms with Crippen LogP contribution in [0, 0.1) is 0 Å². The van der Waals surface area contributed by atoms with Crippen LogP contribution in [0.2, 0.25) is 5.02 Å². The highest BCUT2D eigenvalue weighted by Crippen LogP contribution is 2.27. The smallest absolute Gasteiger partial charge is 0.339 e. The minimum absolute atomic E-state index is 0.0425. The van der Waals surface area contributed by atoms with Gasteiger partial charge in [0.05, 0.1) is 6.61 Å². The van der Waals surface area contributed by atoms with Crippen molar-refractivity contribution in [2.45, 2.75) is 13.0 Å². The van der Waals surface area contributed by atoms with E-state index in [1.807, 2.05) is 0 Å². The molecule has 1 unspecified atom stereocenters. The summed E-state index contributed by atoms with van der Waals surface area (Å²) in [6.07, 6.45) is -1.51. The zero-order valence-electron chi connectivity index (χ0n) is 8.11. The molecule has 1 aromatic carbocycles. The summed E-state index contributed by atoms with van der Waals surface area (Å²) < 4.78 is 4.61. The van der Waals surface area contributed by atoms with E-state index in [1.165, 1.54) is 18.2 Å². The monoisotopic (exact) mass is 230 g/mol. The molecule has 1 atom stereocenters. The maximum absolute atomic E-state index is 11.2. The van der Waals surface area contributed by atoms with E-state index in [4.69, 9.17) is 11.6 Å². The van der Waals surface area contributed by atoms with Crippen LogP contribution in [0.4, 0.5) is 0 Å². The molecule has 0 aliphatic rings. The summed E-state index contributed by atoms with van der Waals surface area (Å²) in [6, 6.07) is 4.08. The van der Waals surface area contributed by atoms with Gasteiger partial charge in [0.1, 0.15) is 5.75 Å². The highest BCUT2D eigenvalue weighted by Gasteiger charge is 2.21. The molecular weight excluding hydrogens is 220 g/mol. The van der Waals surface area contributed by atoms with Gasteiger partial charge in [0, 0.05) is 10.6 Å². The van der Waals surface area contributed by atoms with Crippen molar-refractivity contribution in [2.75, 3.05) is 6.61 Å². The van der Waals surface area contributed by atoms with Crippen molar-refractivity contribution in [3.05, 3.63) is 28.8 Å². The number of aromatic hydroxyl groups is 1. The van der Waals surface area contributed by atoms with Crippen LogP contribution >= 0.6 is 11.6 Å². The van der Waals surface area contributed by atoms with Crippen LogP contribution in [0.5, 0.6) is 5.75 Å².